The van der Waals surface area contributed by atoms with Crippen molar-refractivity contribution in [2.24, 2.45) is 5.92 Å². The topological polar surface area (TPSA) is 53.7 Å². The SMILES string of the molecule is Cc1cc(C)n2cc(CN3CCCC(CO)C3)nc2n1. The third-order valence-electron chi connectivity index (χ3n) is 4.06. The Balaban J connectivity index is 1.79. The zero-order valence-electron chi connectivity index (χ0n) is 12.2. The first-order chi connectivity index (χ1) is 9.65. The van der Waals surface area contributed by atoms with Gasteiger partial charge in [-0.1, -0.05) is 0 Å². The average molecular weight is 274 g/mol. The van der Waals surface area contributed by atoms with E-state index in [4.69, 9.17) is 0 Å². The highest BCUT2D eigenvalue weighted by molar-refractivity contribution is 5.34. The summed E-state index contributed by atoms with van der Waals surface area (Å²) in [7, 11) is 0. The lowest BCUT2D eigenvalue weighted by molar-refractivity contribution is 0.115. The van der Waals surface area contributed by atoms with Crippen molar-refractivity contribution >= 4 is 5.78 Å². The van der Waals surface area contributed by atoms with Gasteiger partial charge in [-0.15, -0.1) is 0 Å². The molecule has 0 saturated carbocycles. The van der Waals surface area contributed by atoms with Crippen molar-refractivity contribution in [1.82, 2.24) is 19.3 Å². The van der Waals surface area contributed by atoms with Crippen LogP contribution < -0.4 is 0 Å². The van der Waals surface area contributed by atoms with Gasteiger partial charge in [0.05, 0.1) is 5.69 Å². The van der Waals surface area contributed by atoms with Gasteiger partial charge in [-0.05, 0) is 45.2 Å². The zero-order valence-corrected chi connectivity index (χ0v) is 12.2. The molecular formula is C15H22N4O. The molecule has 1 aliphatic heterocycles. The highest BCUT2D eigenvalue weighted by Crippen LogP contribution is 2.18. The van der Waals surface area contributed by atoms with Crippen molar-refractivity contribution in [2.75, 3.05) is 19.7 Å². The summed E-state index contributed by atoms with van der Waals surface area (Å²) in [6.45, 7) is 7.28. The molecule has 20 heavy (non-hydrogen) atoms. The van der Waals surface area contributed by atoms with Crippen LogP contribution in [-0.2, 0) is 6.54 Å². The second kappa shape index (κ2) is 5.50. The Hall–Kier alpha value is -1.46. The van der Waals surface area contributed by atoms with E-state index in [2.05, 4.69) is 38.5 Å². The van der Waals surface area contributed by atoms with E-state index >= 15 is 0 Å². The molecule has 2 aromatic rings. The van der Waals surface area contributed by atoms with Gasteiger partial charge in [0.15, 0.2) is 0 Å². The quantitative estimate of drug-likeness (QED) is 0.922. The maximum Gasteiger partial charge on any atom is 0.234 e. The number of aromatic nitrogens is 3. The summed E-state index contributed by atoms with van der Waals surface area (Å²) in [5.74, 6) is 1.20. The number of aliphatic hydroxyl groups excluding tert-OH is 1. The fraction of sp³-hybridized carbons (Fsp3) is 0.600. The Labute approximate surface area is 119 Å². The molecule has 108 valence electrons. The fourth-order valence-electron chi connectivity index (χ4n) is 3.07. The van der Waals surface area contributed by atoms with E-state index in [1.165, 1.54) is 0 Å². The molecule has 2 aromatic heterocycles. The molecule has 3 rings (SSSR count). The lowest BCUT2D eigenvalue weighted by atomic mass is 9.99. The van der Waals surface area contributed by atoms with Crippen LogP contribution in [0.2, 0.25) is 0 Å². The van der Waals surface area contributed by atoms with E-state index < -0.39 is 0 Å². The van der Waals surface area contributed by atoms with Crippen molar-refractivity contribution in [3.8, 4) is 0 Å². The molecule has 0 spiro atoms. The number of hydrogen-bond acceptors (Lipinski definition) is 4. The van der Waals surface area contributed by atoms with Crippen LogP contribution in [0, 0.1) is 19.8 Å². The van der Waals surface area contributed by atoms with Gasteiger partial charge in [0.25, 0.3) is 0 Å². The molecule has 0 amide bonds. The fourth-order valence-corrected chi connectivity index (χ4v) is 3.07. The summed E-state index contributed by atoms with van der Waals surface area (Å²) in [6.07, 6.45) is 4.38. The summed E-state index contributed by atoms with van der Waals surface area (Å²) in [4.78, 5) is 11.5. The lowest BCUT2D eigenvalue weighted by Gasteiger charge is -2.31. The molecule has 5 nitrogen and oxygen atoms in total. The van der Waals surface area contributed by atoms with E-state index in [9.17, 15) is 5.11 Å². The van der Waals surface area contributed by atoms with Gasteiger partial charge in [-0.25, -0.2) is 9.97 Å². The standard InChI is InChI=1S/C15H22N4O/c1-11-6-12(2)19-9-14(17-15(19)16-11)8-18-5-3-4-13(7-18)10-20/h6,9,13,20H,3-5,7-8,10H2,1-2H3. The molecule has 1 saturated heterocycles. The molecule has 0 radical (unpaired) electrons. The third-order valence-corrected chi connectivity index (χ3v) is 4.06. The highest BCUT2D eigenvalue weighted by atomic mass is 16.3. The summed E-state index contributed by atoms with van der Waals surface area (Å²) in [5.41, 5.74) is 3.23. The number of hydrogen-bond donors (Lipinski definition) is 1. The molecular weight excluding hydrogens is 252 g/mol. The molecule has 3 heterocycles. The highest BCUT2D eigenvalue weighted by Gasteiger charge is 2.20. The van der Waals surface area contributed by atoms with Crippen molar-refractivity contribution < 1.29 is 5.11 Å². The summed E-state index contributed by atoms with van der Waals surface area (Å²) < 4.78 is 2.05. The molecule has 1 fully saturated rings. The van der Waals surface area contributed by atoms with E-state index in [1.54, 1.807) is 0 Å². The molecule has 1 aliphatic rings. The second-order valence-electron chi connectivity index (χ2n) is 5.87. The maximum absolute atomic E-state index is 9.30. The summed E-state index contributed by atoms with van der Waals surface area (Å²) >= 11 is 0. The van der Waals surface area contributed by atoms with E-state index in [0.29, 0.717) is 12.5 Å². The number of piperidine rings is 1. The first-order valence-corrected chi connectivity index (χ1v) is 7.31. The van der Waals surface area contributed by atoms with Crippen LogP contribution in [0.1, 0.15) is 29.9 Å². The van der Waals surface area contributed by atoms with Crippen LogP contribution in [0.5, 0.6) is 0 Å². The Morgan fingerprint density at radius 2 is 2.20 bits per heavy atom. The molecule has 1 atom stereocenters. The Morgan fingerprint density at radius 3 is 3.00 bits per heavy atom. The van der Waals surface area contributed by atoms with Crippen LogP contribution in [0.3, 0.4) is 0 Å². The number of fused-ring (bicyclic) bond motifs is 1. The van der Waals surface area contributed by atoms with Gasteiger partial charge in [0.2, 0.25) is 5.78 Å². The third kappa shape index (κ3) is 2.69. The van der Waals surface area contributed by atoms with E-state index in [-0.39, 0.29) is 0 Å². The van der Waals surface area contributed by atoms with Crippen LogP contribution in [0.4, 0.5) is 0 Å². The summed E-state index contributed by atoms with van der Waals surface area (Å²) in [6, 6.07) is 2.07. The molecule has 5 heteroatoms. The number of rotatable bonds is 3. The number of likely N-dealkylation sites (tertiary alicyclic amines) is 1. The van der Waals surface area contributed by atoms with Crippen LogP contribution in [-0.4, -0.2) is 44.1 Å². The average Bonchev–Trinajstić information content (AvgIpc) is 2.81. The van der Waals surface area contributed by atoms with E-state index in [1.807, 2.05) is 6.92 Å². The normalized spacial score (nSPS) is 20.6. The number of imidazole rings is 1. The van der Waals surface area contributed by atoms with Gasteiger partial charge in [-0.3, -0.25) is 9.30 Å². The summed E-state index contributed by atoms with van der Waals surface area (Å²) in [5, 5.41) is 9.30. The van der Waals surface area contributed by atoms with Crippen LogP contribution in [0.25, 0.3) is 5.78 Å². The van der Waals surface area contributed by atoms with Crippen molar-refractivity contribution in [1.29, 1.82) is 0 Å². The number of nitrogens with zero attached hydrogens (tertiary/aromatic N) is 4. The monoisotopic (exact) mass is 274 g/mol. The van der Waals surface area contributed by atoms with Gasteiger partial charge in [0, 0.05) is 37.3 Å². The number of aryl methyl sites for hydroxylation is 2. The first-order valence-electron chi connectivity index (χ1n) is 7.31. The Bertz CT molecular complexity index is 607. The van der Waals surface area contributed by atoms with E-state index in [0.717, 1.165) is 55.3 Å². The van der Waals surface area contributed by atoms with Crippen molar-refractivity contribution in [3.63, 3.8) is 0 Å². The lowest BCUT2D eigenvalue weighted by Crippen LogP contribution is -2.36. The Kier molecular flexibility index (Phi) is 3.72. The van der Waals surface area contributed by atoms with Gasteiger partial charge >= 0.3 is 0 Å². The minimum absolute atomic E-state index is 0.293. The maximum atomic E-state index is 9.30. The van der Waals surface area contributed by atoms with Gasteiger partial charge in [-0.2, -0.15) is 0 Å². The second-order valence-corrected chi connectivity index (χ2v) is 5.87. The molecule has 0 aliphatic carbocycles. The zero-order chi connectivity index (χ0) is 14.1. The van der Waals surface area contributed by atoms with Crippen LogP contribution >= 0.6 is 0 Å². The minimum Gasteiger partial charge on any atom is -0.396 e. The van der Waals surface area contributed by atoms with Crippen molar-refractivity contribution in [2.45, 2.75) is 33.2 Å². The largest absolute Gasteiger partial charge is 0.396 e. The Morgan fingerprint density at radius 1 is 1.35 bits per heavy atom. The predicted octanol–water partition coefficient (Wildman–Crippen LogP) is 1.55. The molecule has 1 unspecified atom stereocenters. The number of aliphatic hydroxyl groups is 1. The van der Waals surface area contributed by atoms with Crippen LogP contribution in [0.15, 0.2) is 12.3 Å². The van der Waals surface area contributed by atoms with Gasteiger partial charge in [0.1, 0.15) is 0 Å². The predicted molar refractivity (Wildman–Crippen MR) is 77.5 cm³/mol. The molecule has 0 aromatic carbocycles. The molecule has 0 bridgehead atoms. The first kappa shape index (κ1) is 13.5. The molecule has 1 N–H and O–H groups in total. The van der Waals surface area contributed by atoms with Gasteiger partial charge < -0.3 is 5.11 Å². The van der Waals surface area contributed by atoms with Crippen molar-refractivity contribution in [3.05, 3.63) is 29.3 Å². The smallest absolute Gasteiger partial charge is 0.234 e. The minimum atomic E-state index is 0.293.